The van der Waals surface area contributed by atoms with Gasteiger partial charge < -0.3 is 10.5 Å². The first-order valence-electron chi connectivity index (χ1n) is 5.01. The van der Waals surface area contributed by atoms with Crippen LogP contribution in [0.1, 0.15) is 32.3 Å². The molecule has 0 heterocycles. The molecule has 2 N–H and O–H groups in total. The third-order valence-corrected chi connectivity index (χ3v) is 2.95. The zero-order valence-electron chi connectivity index (χ0n) is 8.79. The van der Waals surface area contributed by atoms with E-state index in [1.165, 1.54) is 0 Å². The van der Waals surface area contributed by atoms with Crippen molar-refractivity contribution < 1.29 is 4.79 Å². The lowest BCUT2D eigenvalue weighted by atomic mass is 9.77. The van der Waals surface area contributed by atoms with Crippen molar-refractivity contribution in [2.75, 3.05) is 5.73 Å². The highest BCUT2D eigenvalue weighted by molar-refractivity contribution is 5.69. The van der Waals surface area contributed by atoms with E-state index in [1.807, 2.05) is 38.1 Å². The van der Waals surface area contributed by atoms with Crippen molar-refractivity contribution in [3.05, 3.63) is 29.8 Å². The fourth-order valence-electron chi connectivity index (χ4n) is 1.74. The molecular formula is C12H17NO. The maximum absolute atomic E-state index is 11.2. The minimum absolute atomic E-state index is 0.352. The summed E-state index contributed by atoms with van der Waals surface area (Å²) >= 11 is 0. The predicted molar refractivity (Wildman–Crippen MR) is 59.2 cm³/mol. The molecule has 1 aromatic rings. The summed E-state index contributed by atoms with van der Waals surface area (Å²) in [7, 11) is 0. The van der Waals surface area contributed by atoms with E-state index in [0.717, 1.165) is 30.4 Å². The van der Waals surface area contributed by atoms with Crippen LogP contribution in [0.5, 0.6) is 0 Å². The number of nitrogen functional groups attached to an aromatic ring is 1. The number of benzene rings is 1. The Balaban J connectivity index is 3.17. The molecule has 76 valence electrons. The normalized spacial score (nSPS) is 11.3. The van der Waals surface area contributed by atoms with Crippen LogP contribution in [0.4, 0.5) is 5.69 Å². The highest BCUT2D eigenvalue weighted by atomic mass is 16.1. The molecule has 0 atom stereocenters. The molecule has 2 heteroatoms. The Hall–Kier alpha value is -1.31. The number of aldehydes is 1. The summed E-state index contributed by atoms with van der Waals surface area (Å²) in [4.78, 5) is 11.2. The number of carbonyl (C=O) groups excluding carboxylic acids is 1. The topological polar surface area (TPSA) is 43.1 Å². The van der Waals surface area contributed by atoms with E-state index in [4.69, 9.17) is 5.73 Å². The van der Waals surface area contributed by atoms with Crippen LogP contribution in [0, 0.1) is 0 Å². The van der Waals surface area contributed by atoms with Gasteiger partial charge in [0.1, 0.15) is 6.29 Å². The van der Waals surface area contributed by atoms with E-state index < -0.39 is 0 Å². The van der Waals surface area contributed by atoms with Crippen molar-refractivity contribution in [3.63, 3.8) is 0 Å². The Labute approximate surface area is 85.1 Å². The van der Waals surface area contributed by atoms with Gasteiger partial charge in [-0.3, -0.25) is 0 Å². The molecule has 0 saturated carbocycles. The second-order valence-corrected chi connectivity index (χ2v) is 3.61. The Kier molecular flexibility index (Phi) is 3.28. The molecule has 1 rings (SSSR count). The summed E-state index contributed by atoms with van der Waals surface area (Å²) in [6, 6.07) is 7.60. The number of carbonyl (C=O) groups is 1. The highest BCUT2D eigenvalue weighted by Gasteiger charge is 2.27. The van der Waals surface area contributed by atoms with Crippen LogP contribution in [0.3, 0.4) is 0 Å². The number of anilines is 1. The highest BCUT2D eigenvalue weighted by Crippen LogP contribution is 2.30. The molecule has 0 fully saturated rings. The van der Waals surface area contributed by atoms with Crippen LogP contribution in [0.2, 0.25) is 0 Å². The Morgan fingerprint density at radius 3 is 2.43 bits per heavy atom. The van der Waals surface area contributed by atoms with Gasteiger partial charge in [-0.2, -0.15) is 0 Å². The number of nitrogens with two attached hydrogens (primary N) is 1. The summed E-state index contributed by atoms with van der Waals surface area (Å²) in [6.45, 7) is 4.06. The van der Waals surface area contributed by atoms with Crippen LogP contribution in [0.25, 0.3) is 0 Å². The minimum atomic E-state index is -0.352. The van der Waals surface area contributed by atoms with Crippen molar-refractivity contribution in [1.82, 2.24) is 0 Å². The van der Waals surface area contributed by atoms with Crippen molar-refractivity contribution in [2.45, 2.75) is 32.1 Å². The number of rotatable bonds is 4. The molecule has 1 aromatic carbocycles. The first-order chi connectivity index (χ1) is 6.68. The fraction of sp³-hybridized carbons (Fsp3) is 0.417. The van der Waals surface area contributed by atoms with E-state index in [2.05, 4.69) is 0 Å². The molecule has 0 saturated heterocycles. The summed E-state index contributed by atoms with van der Waals surface area (Å²) in [5.41, 5.74) is 7.10. The van der Waals surface area contributed by atoms with Crippen molar-refractivity contribution in [1.29, 1.82) is 0 Å². The molecule has 0 spiro atoms. The van der Waals surface area contributed by atoms with Gasteiger partial charge in [0.25, 0.3) is 0 Å². The van der Waals surface area contributed by atoms with Gasteiger partial charge in [0.05, 0.1) is 5.41 Å². The van der Waals surface area contributed by atoms with Gasteiger partial charge in [-0.15, -0.1) is 0 Å². The van der Waals surface area contributed by atoms with Crippen molar-refractivity contribution >= 4 is 12.0 Å². The maximum Gasteiger partial charge on any atom is 0.130 e. The van der Waals surface area contributed by atoms with Crippen LogP contribution < -0.4 is 5.73 Å². The van der Waals surface area contributed by atoms with Crippen LogP contribution in [-0.4, -0.2) is 6.29 Å². The minimum Gasteiger partial charge on any atom is -0.399 e. The smallest absolute Gasteiger partial charge is 0.130 e. The molecule has 0 aliphatic carbocycles. The van der Waals surface area contributed by atoms with Gasteiger partial charge in [-0.05, 0) is 30.5 Å². The summed E-state index contributed by atoms with van der Waals surface area (Å²) in [6.07, 6.45) is 2.68. The Morgan fingerprint density at radius 2 is 2.00 bits per heavy atom. The molecule has 0 radical (unpaired) electrons. The molecule has 0 aliphatic rings. The Bertz CT molecular complexity index is 316. The summed E-state index contributed by atoms with van der Waals surface area (Å²) in [5, 5.41) is 0. The molecule has 14 heavy (non-hydrogen) atoms. The lowest BCUT2D eigenvalue weighted by Gasteiger charge is -2.25. The molecule has 0 aliphatic heterocycles. The third-order valence-electron chi connectivity index (χ3n) is 2.95. The fourth-order valence-corrected chi connectivity index (χ4v) is 1.74. The van der Waals surface area contributed by atoms with Crippen LogP contribution in [0.15, 0.2) is 24.3 Å². The average Bonchev–Trinajstić information content (AvgIpc) is 2.22. The molecule has 0 aromatic heterocycles. The van der Waals surface area contributed by atoms with Gasteiger partial charge in [-0.25, -0.2) is 0 Å². The van der Waals surface area contributed by atoms with Crippen molar-refractivity contribution in [3.8, 4) is 0 Å². The zero-order chi connectivity index (χ0) is 10.6. The monoisotopic (exact) mass is 191 g/mol. The first-order valence-corrected chi connectivity index (χ1v) is 5.01. The SMILES string of the molecule is CCC(C=O)(CC)c1cccc(N)c1. The lowest BCUT2D eigenvalue weighted by Crippen LogP contribution is -2.26. The van der Waals surface area contributed by atoms with E-state index in [0.29, 0.717) is 0 Å². The summed E-state index contributed by atoms with van der Waals surface area (Å²) < 4.78 is 0. The van der Waals surface area contributed by atoms with Crippen LogP contribution in [-0.2, 0) is 10.2 Å². The molecular weight excluding hydrogens is 174 g/mol. The zero-order valence-corrected chi connectivity index (χ0v) is 8.79. The number of hydrogen-bond donors (Lipinski definition) is 1. The molecule has 0 amide bonds. The molecule has 2 nitrogen and oxygen atoms in total. The summed E-state index contributed by atoms with van der Waals surface area (Å²) in [5.74, 6) is 0. The quantitative estimate of drug-likeness (QED) is 0.587. The second kappa shape index (κ2) is 4.27. The largest absolute Gasteiger partial charge is 0.399 e. The van der Waals surface area contributed by atoms with Gasteiger partial charge in [0.2, 0.25) is 0 Å². The van der Waals surface area contributed by atoms with E-state index >= 15 is 0 Å². The van der Waals surface area contributed by atoms with Gasteiger partial charge in [0.15, 0.2) is 0 Å². The van der Waals surface area contributed by atoms with E-state index in [1.54, 1.807) is 0 Å². The molecule has 0 bridgehead atoms. The average molecular weight is 191 g/mol. The first kappa shape index (κ1) is 10.8. The van der Waals surface area contributed by atoms with Crippen LogP contribution >= 0.6 is 0 Å². The van der Waals surface area contributed by atoms with E-state index in [9.17, 15) is 4.79 Å². The lowest BCUT2D eigenvalue weighted by molar-refractivity contribution is -0.112. The second-order valence-electron chi connectivity index (χ2n) is 3.61. The van der Waals surface area contributed by atoms with Gasteiger partial charge in [0, 0.05) is 5.69 Å². The predicted octanol–water partition coefficient (Wildman–Crippen LogP) is 2.53. The van der Waals surface area contributed by atoms with Gasteiger partial charge in [-0.1, -0.05) is 26.0 Å². The standard InChI is InChI=1S/C12H17NO/c1-3-12(4-2,9-14)10-6-5-7-11(13)8-10/h5-9H,3-4,13H2,1-2H3. The molecule has 0 unspecified atom stereocenters. The van der Waals surface area contributed by atoms with Gasteiger partial charge >= 0.3 is 0 Å². The van der Waals surface area contributed by atoms with E-state index in [-0.39, 0.29) is 5.41 Å². The Morgan fingerprint density at radius 1 is 1.36 bits per heavy atom. The maximum atomic E-state index is 11.2. The third kappa shape index (κ3) is 1.79. The number of hydrogen-bond acceptors (Lipinski definition) is 2. The van der Waals surface area contributed by atoms with Crippen molar-refractivity contribution in [2.24, 2.45) is 0 Å².